The fourth-order valence-corrected chi connectivity index (χ4v) is 2.72. The molecule has 2 heterocycles. The first-order valence-corrected chi connectivity index (χ1v) is 7.23. The zero-order chi connectivity index (χ0) is 14.8. The van der Waals surface area contributed by atoms with Crippen LogP contribution in [0.1, 0.15) is 30.1 Å². The molecule has 0 saturated heterocycles. The average Bonchev–Trinajstić information content (AvgIpc) is 2.93. The van der Waals surface area contributed by atoms with Gasteiger partial charge in [0.25, 0.3) is 0 Å². The molecular weight excluding hydrogens is 262 g/mol. The Hall–Kier alpha value is -2.20. The van der Waals surface area contributed by atoms with Gasteiger partial charge in [-0.2, -0.15) is 0 Å². The molecule has 0 bridgehead atoms. The molecule has 0 radical (unpaired) electrons. The van der Waals surface area contributed by atoms with E-state index in [0.29, 0.717) is 6.42 Å². The summed E-state index contributed by atoms with van der Waals surface area (Å²) in [5.74, 6) is 0.906. The first-order valence-electron chi connectivity index (χ1n) is 7.23. The van der Waals surface area contributed by atoms with Crippen molar-refractivity contribution in [2.24, 2.45) is 0 Å². The number of aromatic nitrogens is 3. The second-order valence-corrected chi connectivity index (χ2v) is 5.22. The summed E-state index contributed by atoms with van der Waals surface area (Å²) in [4.78, 5) is 8.86. The minimum atomic E-state index is -0.579. The molecule has 108 valence electrons. The van der Waals surface area contributed by atoms with E-state index >= 15 is 0 Å². The minimum Gasteiger partial charge on any atom is -0.388 e. The van der Waals surface area contributed by atoms with E-state index in [1.165, 1.54) is 0 Å². The molecule has 4 heteroatoms. The number of aryl methyl sites for hydroxylation is 2. The molecule has 0 fully saturated rings. The molecule has 0 aliphatic rings. The van der Waals surface area contributed by atoms with Crippen LogP contribution in [-0.2, 0) is 13.0 Å². The zero-order valence-electron chi connectivity index (χ0n) is 12.3. The van der Waals surface area contributed by atoms with Gasteiger partial charge in [0, 0.05) is 36.4 Å². The standard InChI is InChI=1S/C17H19N3O/c1-3-20-9-8-18-17(20)11-16(21)14-10-12(2)19-15-7-5-4-6-13(14)15/h4-10,16,21H,3,11H2,1-2H3. The van der Waals surface area contributed by atoms with Crippen LogP contribution in [0.4, 0.5) is 0 Å². The van der Waals surface area contributed by atoms with Crippen LogP contribution < -0.4 is 0 Å². The third-order valence-corrected chi connectivity index (χ3v) is 3.75. The largest absolute Gasteiger partial charge is 0.388 e. The van der Waals surface area contributed by atoms with Crippen LogP contribution in [0.2, 0.25) is 0 Å². The smallest absolute Gasteiger partial charge is 0.111 e. The summed E-state index contributed by atoms with van der Waals surface area (Å²) in [5.41, 5.74) is 2.76. The Morgan fingerprint density at radius 2 is 2.10 bits per heavy atom. The van der Waals surface area contributed by atoms with Gasteiger partial charge in [-0.15, -0.1) is 0 Å². The Morgan fingerprint density at radius 1 is 1.29 bits per heavy atom. The van der Waals surface area contributed by atoms with Gasteiger partial charge in [-0.25, -0.2) is 4.98 Å². The highest BCUT2D eigenvalue weighted by atomic mass is 16.3. The maximum Gasteiger partial charge on any atom is 0.111 e. The normalized spacial score (nSPS) is 12.7. The lowest BCUT2D eigenvalue weighted by molar-refractivity contribution is 0.176. The number of nitrogens with zero attached hydrogens (tertiary/aromatic N) is 3. The monoisotopic (exact) mass is 281 g/mol. The highest BCUT2D eigenvalue weighted by Crippen LogP contribution is 2.26. The number of pyridine rings is 1. The molecule has 1 N–H and O–H groups in total. The van der Waals surface area contributed by atoms with Crippen molar-refractivity contribution in [2.75, 3.05) is 0 Å². The number of fused-ring (bicyclic) bond motifs is 1. The number of rotatable bonds is 4. The SMILES string of the molecule is CCn1ccnc1CC(O)c1cc(C)nc2ccccc12. The van der Waals surface area contributed by atoms with Gasteiger partial charge in [-0.05, 0) is 31.5 Å². The quantitative estimate of drug-likeness (QED) is 0.799. The maximum absolute atomic E-state index is 10.7. The van der Waals surface area contributed by atoms with Crippen molar-refractivity contribution in [1.29, 1.82) is 0 Å². The van der Waals surface area contributed by atoms with E-state index in [1.54, 1.807) is 6.20 Å². The molecule has 0 spiro atoms. The van der Waals surface area contributed by atoms with Gasteiger partial charge in [0.1, 0.15) is 5.82 Å². The van der Waals surface area contributed by atoms with Gasteiger partial charge >= 0.3 is 0 Å². The first kappa shape index (κ1) is 13.8. The molecule has 2 aromatic heterocycles. The number of hydrogen-bond donors (Lipinski definition) is 1. The summed E-state index contributed by atoms with van der Waals surface area (Å²) >= 11 is 0. The van der Waals surface area contributed by atoms with Crippen LogP contribution >= 0.6 is 0 Å². The molecular formula is C17H19N3O. The minimum absolute atomic E-state index is 0.508. The van der Waals surface area contributed by atoms with Crippen LogP contribution in [0.3, 0.4) is 0 Å². The Bertz CT molecular complexity index is 764. The summed E-state index contributed by atoms with van der Waals surface area (Å²) < 4.78 is 2.06. The van der Waals surface area contributed by atoms with Gasteiger partial charge in [0.15, 0.2) is 0 Å². The molecule has 1 atom stereocenters. The van der Waals surface area contributed by atoms with Crippen LogP contribution in [0.15, 0.2) is 42.7 Å². The van der Waals surface area contributed by atoms with Gasteiger partial charge in [-0.3, -0.25) is 4.98 Å². The molecule has 0 aliphatic heterocycles. The molecule has 0 amide bonds. The second kappa shape index (κ2) is 5.66. The van der Waals surface area contributed by atoms with Gasteiger partial charge in [0.2, 0.25) is 0 Å². The molecule has 4 nitrogen and oxygen atoms in total. The Morgan fingerprint density at radius 3 is 2.90 bits per heavy atom. The summed E-state index contributed by atoms with van der Waals surface area (Å²) in [6.45, 7) is 4.89. The highest BCUT2D eigenvalue weighted by Gasteiger charge is 2.15. The predicted octanol–water partition coefficient (Wildman–Crippen LogP) is 3.04. The summed E-state index contributed by atoms with van der Waals surface area (Å²) in [6, 6.07) is 9.89. The van der Waals surface area contributed by atoms with Crippen LogP contribution in [0.25, 0.3) is 10.9 Å². The van der Waals surface area contributed by atoms with E-state index < -0.39 is 6.10 Å². The van der Waals surface area contributed by atoms with E-state index in [4.69, 9.17) is 0 Å². The van der Waals surface area contributed by atoms with Gasteiger partial charge in [-0.1, -0.05) is 18.2 Å². The van der Waals surface area contributed by atoms with Crippen LogP contribution in [-0.4, -0.2) is 19.6 Å². The van der Waals surface area contributed by atoms with E-state index in [0.717, 1.165) is 34.5 Å². The average molecular weight is 281 g/mol. The number of aliphatic hydroxyl groups is 1. The van der Waals surface area contributed by atoms with E-state index in [-0.39, 0.29) is 0 Å². The third kappa shape index (κ3) is 2.67. The number of benzene rings is 1. The van der Waals surface area contributed by atoms with Crippen LogP contribution in [0.5, 0.6) is 0 Å². The molecule has 0 saturated carbocycles. The highest BCUT2D eigenvalue weighted by molar-refractivity contribution is 5.82. The van der Waals surface area contributed by atoms with Crippen molar-refractivity contribution in [3.63, 3.8) is 0 Å². The Labute approximate surface area is 124 Å². The van der Waals surface area contributed by atoms with Crippen LogP contribution in [0, 0.1) is 6.92 Å². The predicted molar refractivity (Wildman–Crippen MR) is 83.0 cm³/mol. The number of aliphatic hydroxyl groups excluding tert-OH is 1. The fourth-order valence-electron chi connectivity index (χ4n) is 2.72. The van der Waals surface area contributed by atoms with Crippen molar-refractivity contribution in [2.45, 2.75) is 32.9 Å². The van der Waals surface area contributed by atoms with Crippen molar-refractivity contribution < 1.29 is 5.11 Å². The van der Waals surface area contributed by atoms with Crippen molar-refractivity contribution in [3.8, 4) is 0 Å². The second-order valence-electron chi connectivity index (χ2n) is 5.22. The molecule has 0 aliphatic carbocycles. The lowest BCUT2D eigenvalue weighted by atomic mass is 10.0. The molecule has 1 aromatic carbocycles. The lowest BCUT2D eigenvalue weighted by Crippen LogP contribution is -2.09. The van der Waals surface area contributed by atoms with E-state index in [2.05, 4.69) is 21.5 Å². The zero-order valence-corrected chi connectivity index (χ0v) is 12.3. The topological polar surface area (TPSA) is 50.9 Å². The third-order valence-electron chi connectivity index (χ3n) is 3.75. The Balaban J connectivity index is 1.99. The summed E-state index contributed by atoms with van der Waals surface area (Å²) in [5, 5.41) is 11.7. The Kier molecular flexibility index (Phi) is 3.71. The maximum atomic E-state index is 10.7. The molecule has 3 aromatic rings. The summed E-state index contributed by atoms with van der Waals surface area (Å²) in [7, 11) is 0. The summed E-state index contributed by atoms with van der Waals surface area (Å²) in [6.07, 6.45) is 3.65. The number of para-hydroxylation sites is 1. The van der Waals surface area contributed by atoms with Crippen molar-refractivity contribution >= 4 is 10.9 Å². The van der Waals surface area contributed by atoms with Crippen molar-refractivity contribution in [3.05, 3.63) is 59.8 Å². The van der Waals surface area contributed by atoms with Gasteiger partial charge < -0.3 is 9.67 Å². The number of imidazole rings is 1. The lowest BCUT2D eigenvalue weighted by Gasteiger charge is -2.15. The van der Waals surface area contributed by atoms with E-state index in [9.17, 15) is 5.11 Å². The fraction of sp³-hybridized carbons (Fsp3) is 0.294. The van der Waals surface area contributed by atoms with Crippen molar-refractivity contribution in [1.82, 2.24) is 14.5 Å². The van der Waals surface area contributed by atoms with Gasteiger partial charge in [0.05, 0.1) is 11.6 Å². The first-order chi connectivity index (χ1) is 10.2. The molecule has 3 rings (SSSR count). The molecule has 21 heavy (non-hydrogen) atoms. The molecule has 1 unspecified atom stereocenters. The number of hydrogen-bond acceptors (Lipinski definition) is 3. The van der Waals surface area contributed by atoms with E-state index in [1.807, 2.05) is 43.5 Å².